The Morgan fingerprint density at radius 3 is 2.85 bits per heavy atom. The third-order valence-electron chi connectivity index (χ3n) is 2.76. The van der Waals surface area contributed by atoms with Crippen LogP contribution in [0.15, 0.2) is 12.1 Å². The summed E-state index contributed by atoms with van der Waals surface area (Å²) >= 11 is 1.43. The van der Waals surface area contributed by atoms with Crippen LogP contribution in [0.2, 0.25) is 0 Å². The lowest BCUT2D eigenvalue weighted by molar-refractivity contribution is -0.124. The summed E-state index contributed by atoms with van der Waals surface area (Å²) in [6, 6.07) is 3.72. The van der Waals surface area contributed by atoms with Gasteiger partial charge in [0.05, 0.1) is 6.54 Å². The fourth-order valence-electron chi connectivity index (χ4n) is 1.95. The molecule has 6 heteroatoms. The van der Waals surface area contributed by atoms with Crippen molar-refractivity contribution in [1.82, 2.24) is 10.2 Å². The van der Waals surface area contributed by atoms with Gasteiger partial charge in [-0.1, -0.05) is 0 Å². The average molecular weight is 296 g/mol. The van der Waals surface area contributed by atoms with Gasteiger partial charge in [-0.25, -0.2) is 4.79 Å². The standard InChI is InChI=1S/C14H20N2O3S/c1-14(2,3)19-13(18)11-5-4-10(20-11)8-16-7-6-15-12(17)9-16/h4-5H,6-9H2,1-3H3,(H,15,17). The summed E-state index contributed by atoms with van der Waals surface area (Å²) in [5.74, 6) is -0.231. The summed E-state index contributed by atoms with van der Waals surface area (Å²) in [6.45, 7) is 8.19. The molecule has 5 nitrogen and oxygen atoms in total. The second kappa shape index (κ2) is 5.93. The van der Waals surface area contributed by atoms with E-state index in [-0.39, 0.29) is 11.9 Å². The molecule has 0 spiro atoms. The molecule has 20 heavy (non-hydrogen) atoms. The molecule has 0 bridgehead atoms. The van der Waals surface area contributed by atoms with Gasteiger partial charge in [-0.2, -0.15) is 0 Å². The topological polar surface area (TPSA) is 58.6 Å². The van der Waals surface area contributed by atoms with Crippen LogP contribution in [0.25, 0.3) is 0 Å². The second-order valence-electron chi connectivity index (χ2n) is 5.83. The Labute approximate surface area is 122 Å². The summed E-state index contributed by atoms with van der Waals surface area (Å²) in [6.07, 6.45) is 0. The van der Waals surface area contributed by atoms with Crippen molar-refractivity contribution in [2.24, 2.45) is 0 Å². The summed E-state index contributed by atoms with van der Waals surface area (Å²) in [4.78, 5) is 27.0. The Bertz CT molecular complexity index is 505. The lowest BCUT2D eigenvalue weighted by Crippen LogP contribution is -2.46. The summed E-state index contributed by atoms with van der Waals surface area (Å²) in [5.41, 5.74) is -0.480. The van der Waals surface area contributed by atoms with Gasteiger partial charge in [0.15, 0.2) is 0 Å². The van der Waals surface area contributed by atoms with Crippen molar-refractivity contribution in [3.05, 3.63) is 21.9 Å². The van der Waals surface area contributed by atoms with Gasteiger partial charge >= 0.3 is 5.97 Å². The Hall–Kier alpha value is -1.40. The number of nitrogens with zero attached hydrogens (tertiary/aromatic N) is 1. The molecular formula is C14H20N2O3S. The first kappa shape index (κ1) is 15.0. The number of carbonyl (C=O) groups is 2. The van der Waals surface area contributed by atoms with E-state index in [0.29, 0.717) is 24.5 Å². The third-order valence-corrected chi connectivity index (χ3v) is 3.81. The van der Waals surface area contributed by atoms with E-state index < -0.39 is 5.60 Å². The van der Waals surface area contributed by atoms with Crippen LogP contribution >= 0.6 is 11.3 Å². The van der Waals surface area contributed by atoms with Crippen molar-refractivity contribution in [1.29, 1.82) is 0 Å². The van der Waals surface area contributed by atoms with E-state index in [9.17, 15) is 9.59 Å². The molecule has 1 aromatic rings. The van der Waals surface area contributed by atoms with Crippen molar-refractivity contribution in [2.75, 3.05) is 19.6 Å². The second-order valence-corrected chi connectivity index (χ2v) is 7.00. The summed E-state index contributed by atoms with van der Waals surface area (Å²) in [7, 11) is 0. The maximum absolute atomic E-state index is 11.9. The van der Waals surface area contributed by atoms with Gasteiger partial charge in [0.25, 0.3) is 0 Å². The molecule has 0 atom stereocenters. The number of hydrogen-bond acceptors (Lipinski definition) is 5. The molecule has 1 aliphatic rings. The van der Waals surface area contributed by atoms with Gasteiger partial charge in [0, 0.05) is 24.5 Å². The van der Waals surface area contributed by atoms with Crippen molar-refractivity contribution >= 4 is 23.2 Å². The van der Waals surface area contributed by atoms with Gasteiger partial charge < -0.3 is 10.1 Å². The molecule has 0 aromatic carbocycles. The number of piperazine rings is 1. The Morgan fingerprint density at radius 1 is 1.45 bits per heavy atom. The van der Waals surface area contributed by atoms with Crippen LogP contribution in [0.1, 0.15) is 35.3 Å². The van der Waals surface area contributed by atoms with Crippen molar-refractivity contribution in [3.8, 4) is 0 Å². The number of nitrogens with one attached hydrogen (secondary N) is 1. The van der Waals surface area contributed by atoms with Crippen LogP contribution in [-0.2, 0) is 16.1 Å². The van der Waals surface area contributed by atoms with E-state index >= 15 is 0 Å². The Balaban J connectivity index is 1.95. The highest BCUT2D eigenvalue weighted by Crippen LogP contribution is 2.21. The van der Waals surface area contributed by atoms with Gasteiger partial charge in [0.1, 0.15) is 10.5 Å². The molecule has 1 N–H and O–H groups in total. The Morgan fingerprint density at radius 2 is 2.20 bits per heavy atom. The fourth-order valence-corrected chi connectivity index (χ4v) is 2.87. The zero-order valence-corrected chi connectivity index (χ0v) is 12.9. The van der Waals surface area contributed by atoms with E-state index in [4.69, 9.17) is 4.74 Å². The number of ether oxygens (including phenoxy) is 1. The van der Waals surface area contributed by atoms with Gasteiger partial charge in [-0.3, -0.25) is 9.69 Å². The first-order chi connectivity index (χ1) is 9.33. The molecule has 1 fully saturated rings. The van der Waals surface area contributed by atoms with E-state index in [1.54, 1.807) is 6.07 Å². The molecule has 0 saturated carbocycles. The molecule has 0 radical (unpaired) electrons. The van der Waals surface area contributed by atoms with E-state index in [1.165, 1.54) is 11.3 Å². The largest absolute Gasteiger partial charge is 0.456 e. The normalized spacial score (nSPS) is 16.9. The lowest BCUT2D eigenvalue weighted by Gasteiger charge is -2.25. The van der Waals surface area contributed by atoms with E-state index in [0.717, 1.165) is 11.4 Å². The van der Waals surface area contributed by atoms with Crippen LogP contribution in [0.3, 0.4) is 0 Å². The number of thiophene rings is 1. The molecule has 2 heterocycles. The highest BCUT2D eigenvalue weighted by atomic mass is 32.1. The molecule has 0 aliphatic carbocycles. The maximum Gasteiger partial charge on any atom is 0.348 e. The van der Waals surface area contributed by atoms with E-state index in [1.807, 2.05) is 26.8 Å². The molecule has 1 saturated heterocycles. The fraction of sp³-hybridized carbons (Fsp3) is 0.571. The molecular weight excluding hydrogens is 276 g/mol. The first-order valence-electron chi connectivity index (χ1n) is 6.64. The zero-order valence-electron chi connectivity index (χ0n) is 12.1. The molecule has 1 aliphatic heterocycles. The van der Waals surface area contributed by atoms with Crippen LogP contribution in [-0.4, -0.2) is 42.0 Å². The molecule has 110 valence electrons. The van der Waals surface area contributed by atoms with E-state index in [2.05, 4.69) is 10.2 Å². The zero-order chi connectivity index (χ0) is 14.8. The van der Waals surface area contributed by atoms with Gasteiger partial charge in [-0.05, 0) is 32.9 Å². The van der Waals surface area contributed by atoms with Crippen LogP contribution in [0, 0.1) is 0 Å². The minimum absolute atomic E-state index is 0.0557. The summed E-state index contributed by atoms with van der Waals surface area (Å²) in [5, 5.41) is 2.80. The number of hydrogen-bond donors (Lipinski definition) is 1. The predicted molar refractivity (Wildman–Crippen MR) is 77.8 cm³/mol. The quantitative estimate of drug-likeness (QED) is 0.861. The maximum atomic E-state index is 11.9. The highest BCUT2D eigenvalue weighted by molar-refractivity contribution is 7.13. The van der Waals surface area contributed by atoms with Crippen molar-refractivity contribution < 1.29 is 14.3 Å². The van der Waals surface area contributed by atoms with Gasteiger partial charge in [-0.15, -0.1) is 11.3 Å². The first-order valence-corrected chi connectivity index (χ1v) is 7.46. The Kier molecular flexibility index (Phi) is 4.45. The predicted octanol–water partition coefficient (Wildman–Crippen LogP) is 1.64. The SMILES string of the molecule is CC(C)(C)OC(=O)c1ccc(CN2CCNC(=O)C2)s1. The summed E-state index contributed by atoms with van der Waals surface area (Å²) < 4.78 is 5.34. The number of carbonyl (C=O) groups excluding carboxylic acids is 2. The molecule has 1 amide bonds. The monoisotopic (exact) mass is 296 g/mol. The highest BCUT2D eigenvalue weighted by Gasteiger charge is 2.21. The van der Waals surface area contributed by atoms with Gasteiger partial charge in [0.2, 0.25) is 5.91 Å². The smallest absolute Gasteiger partial charge is 0.348 e. The van der Waals surface area contributed by atoms with Crippen LogP contribution in [0.5, 0.6) is 0 Å². The molecule has 1 aromatic heterocycles. The van der Waals surface area contributed by atoms with Crippen LogP contribution in [0.4, 0.5) is 0 Å². The number of rotatable bonds is 3. The molecule has 0 unspecified atom stereocenters. The molecule has 2 rings (SSSR count). The van der Waals surface area contributed by atoms with Crippen molar-refractivity contribution in [2.45, 2.75) is 32.9 Å². The number of esters is 1. The minimum Gasteiger partial charge on any atom is -0.456 e. The number of amides is 1. The third kappa shape index (κ3) is 4.31. The van der Waals surface area contributed by atoms with Crippen molar-refractivity contribution in [3.63, 3.8) is 0 Å². The average Bonchev–Trinajstić information content (AvgIpc) is 2.75. The lowest BCUT2D eigenvalue weighted by atomic mass is 10.2. The van der Waals surface area contributed by atoms with Crippen LogP contribution < -0.4 is 5.32 Å². The minimum atomic E-state index is -0.480.